The van der Waals surface area contributed by atoms with Crippen LogP contribution in [0.3, 0.4) is 0 Å². The first-order valence-electron chi connectivity index (χ1n) is 12.8. The topological polar surface area (TPSA) is 221 Å². The number of rotatable bonds is 3. The van der Waals surface area contributed by atoms with Crippen LogP contribution in [0.25, 0.3) is 0 Å². The van der Waals surface area contributed by atoms with Crippen LogP contribution in [0.5, 0.6) is 57.5 Å². The molecule has 0 bridgehead atoms. The Morgan fingerprint density at radius 3 is 1.76 bits per heavy atom. The van der Waals surface area contributed by atoms with Crippen LogP contribution in [0, 0.1) is 0 Å². The van der Waals surface area contributed by atoms with Crippen molar-refractivity contribution >= 4 is 0 Å². The largest absolute Gasteiger partial charge is 0.508 e. The Balaban J connectivity index is 1.55. The van der Waals surface area contributed by atoms with Gasteiger partial charge in [-0.15, -0.1) is 0 Å². The van der Waals surface area contributed by atoms with Crippen molar-refractivity contribution in [3.63, 3.8) is 0 Å². The van der Waals surface area contributed by atoms with E-state index in [1.165, 1.54) is 42.5 Å². The summed E-state index contributed by atoms with van der Waals surface area (Å²) in [5.41, 5.74) is 0.435. The van der Waals surface area contributed by atoms with Crippen molar-refractivity contribution in [1.29, 1.82) is 0 Å². The number of benzene rings is 4. The van der Waals surface area contributed by atoms with Crippen molar-refractivity contribution in [3.8, 4) is 57.5 Å². The van der Waals surface area contributed by atoms with E-state index in [1.54, 1.807) is 0 Å². The van der Waals surface area contributed by atoms with E-state index in [2.05, 4.69) is 0 Å². The number of hydrogen-bond acceptors (Lipinski definition) is 12. The number of ether oxygens (including phenoxy) is 2. The van der Waals surface area contributed by atoms with Gasteiger partial charge in [0.2, 0.25) is 0 Å². The van der Waals surface area contributed by atoms with Gasteiger partial charge in [-0.1, -0.05) is 12.1 Å². The van der Waals surface area contributed by atoms with E-state index in [0.29, 0.717) is 0 Å². The van der Waals surface area contributed by atoms with Crippen molar-refractivity contribution in [2.45, 2.75) is 36.8 Å². The summed E-state index contributed by atoms with van der Waals surface area (Å²) < 4.78 is 12.1. The fourth-order valence-electron chi connectivity index (χ4n) is 5.71. The van der Waals surface area contributed by atoms with Crippen LogP contribution < -0.4 is 9.47 Å². The van der Waals surface area contributed by atoms with Crippen LogP contribution in [-0.4, -0.2) is 63.3 Å². The first kappa shape index (κ1) is 27.0. The van der Waals surface area contributed by atoms with Crippen LogP contribution in [0.4, 0.5) is 0 Å². The first-order valence-corrected chi connectivity index (χ1v) is 12.8. The van der Waals surface area contributed by atoms with Gasteiger partial charge in [0.15, 0.2) is 29.1 Å². The van der Waals surface area contributed by atoms with Crippen molar-refractivity contribution < 1.29 is 60.5 Å². The van der Waals surface area contributed by atoms with Gasteiger partial charge in [0.05, 0.1) is 12.0 Å². The summed E-state index contributed by atoms with van der Waals surface area (Å²) in [5.74, 6) is -5.08. The highest BCUT2D eigenvalue weighted by Gasteiger charge is 2.46. The van der Waals surface area contributed by atoms with Crippen molar-refractivity contribution in [3.05, 3.63) is 82.4 Å². The zero-order valence-electron chi connectivity index (χ0n) is 21.6. The van der Waals surface area contributed by atoms with Gasteiger partial charge in [0.1, 0.15) is 46.7 Å². The third-order valence-electron chi connectivity index (χ3n) is 7.67. The molecule has 0 radical (unpaired) electrons. The average Bonchev–Trinajstić information content (AvgIpc) is 2.93. The molecule has 0 fully saturated rings. The molecule has 6 rings (SSSR count). The Labute approximate surface area is 237 Å². The van der Waals surface area contributed by atoms with Gasteiger partial charge in [-0.3, -0.25) is 0 Å². The summed E-state index contributed by atoms with van der Waals surface area (Å²) in [4.78, 5) is 0. The molecule has 2 heterocycles. The third-order valence-corrected chi connectivity index (χ3v) is 7.67. The second-order valence-corrected chi connectivity index (χ2v) is 10.3. The average molecular weight is 579 g/mol. The molecule has 12 heteroatoms. The van der Waals surface area contributed by atoms with E-state index < -0.39 is 70.6 Å². The molecule has 2 aliphatic heterocycles. The summed E-state index contributed by atoms with van der Waals surface area (Å²) in [5, 5.41) is 105. The van der Waals surface area contributed by atoms with Gasteiger partial charge in [-0.2, -0.15) is 0 Å². The van der Waals surface area contributed by atoms with Crippen LogP contribution >= 0.6 is 0 Å². The summed E-state index contributed by atoms with van der Waals surface area (Å²) in [6, 6.07) is 10.8. The number of phenolic OH excluding ortho intramolecular Hbond substituents is 8. The fraction of sp³-hybridized carbons (Fsp3) is 0.200. The number of phenols is 8. The molecule has 218 valence electrons. The molecule has 3 unspecified atom stereocenters. The van der Waals surface area contributed by atoms with Gasteiger partial charge in [-0.25, -0.2) is 0 Å². The highest BCUT2D eigenvalue weighted by Crippen LogP contribution is 2.57. The molecule has 0 aliphatic carbocycles. The molecule has 0 spiro atoms. The number of hydrogen-bond donors (Lipinski definition) is 10. The Morgan fingerprint density at radius 2 is 1.14 bits per heavy atom. The number of fused-ring (bicyclic) bond motifs is 2. The van der Waals surface area contributed by atoms with Crippen molar-refractivity contribution in [2.75, 3.05) is 0 Å². The minimum atomic E-state index is -1.59. The molecule has 12 nitrogen and oxygen atoms in total. The molecule has 2 aliphatic rings. The molecular formula is C30H26O12. The predicted molar refractivity (Wildman–Crippen MR) is 143 cm³/mol. The quantitative estimate of drug-likeness (QED) is 0.159. The Kier molecular flexibility index (Phi) is 6.24. The molecule has 4 aromatic rings. The third kappa shape index (κ3) is 4.24. The van der Waals surface area contributed by atoms with E-state index in [-0.39, 0.29) is 51.5 Å². The van der Waals surface area contributed by atoms with E-state index in [9.17, 15) is 51.1 Å². The Morgan fingerprint density at radius 1 is 0.548 bits per heavy atom. The second-order valence-electron chi connectivity index (χ2n) is 10.3. The first-order chi connectivity index (χ1) is 19.9. The maximum absolute atomic E-state index is 11.8. The Bertz CT molecular complexity index is 1720. The van der Waals surface area contributed by atoms with Crippen LogP contribution in [0.1, 0.15) is 45.9 Å². The summed E-state index contributed by atoms with van der Waals surface area (Å²) in [6.07, 6.45) is -5.43. The van der Waals surface area contributed by atoms with E-state index in [4.69, 9.17) is 9.47 Å². The van der Waals surface area contributed by atoms with Gasteiger partial charge in [-0.05, 0) is 35.4 Å². The zero-order chi connectivity index (χ0) is 30.0. The monoisotopic (exact) mass is 578 g/mol. The fourth-order valence-corrected chi connectivity index (χ4v) is 5.71. The van der Waals surface area contributed by atoms with Crippen LogP contribution in [0.2, 0.25) is 0 Å². The maximum Gasteiger partial charge on any atom is 0.157 e. The number of aliphatic hydroxyl groups excluding tert-OH is 2. The lowest BCUT2D eigenvalue weighted by atomic mass is 9.77. The molecule has 0 aromatic heterocycles. The van der Waals surface area contributed by atoms with Gasteiger partial charge >= 0.3 is 0 Å². The van der Waals surface area contributed by atoms with E-state index >= 15 is 0 Å². The molecule has 10 N–H and O–H groups in total. The van der Waals surface area contributed by atoms with Gasteiger partial charge in [0, 0.05) is 41.3 Å². The predicted octanol–water partition coefficient (Wildman–Crippen LogP) is 3.00. The molecule has 4 aromatic carbocycles. The molecule has 5 atom stereocenters. The summed E-state index contributed by atoms with van der Waals surface area (Å²) in [6.45, 7) is 0. The molecule has 0 amide bonds. The molecule has 0 saturated heterocycles. The molecule has 42 heavy (non-hydrogen) atoms. The van der Waals surface area contributed by atoms with E-state index in [0.717, 1.165) is 12.1 Å². The Hall–Kier alpha value is -5.20. The van der Waals surface area contributed by atoms with E-state index in [1.807, 2.05) is 0 Å². The minimum Gasteiger partial charge on any atom is -0.508 e. The van der Waals surface area contributed by atoms with Crippen molar-refractivity contribution in [1.82, 2.24) is 0 Å². The zero-order valence-corrected chi connectivity index (χ0v) is 21.6. The normalized spacial score (nSPS) is 22.9. The lowest BCUT2D eigenvalue weighted by molar-refractivity contribution is 0.00115. The lowest BCUT2D eigenvalue weighted by Crippen LogP contribution is -2.36. The van der Waals surface area contributed by atoms with Crippen molar-refractivity contribution in [2.24, 2.45) is 0 Å². The summed E-state index contributed by atoms with van der Waals surface area (Å²) >= 11 is 0. The van der Waals surface area contributed by atoms with Gasteiger partial charge < -0.3 is 60.5 Å². The SMILES string of the molecule is Oc1cc(O)c2c(c1)OC(c1ccc(O)c(O)c1)[C@H](O)C2c1c(O)cc(O)c2c1OC(c1ccc(O)c(O)c1)[C@H](O)C2. The molecule has 0 saturated carbocycles. The summed E-state index contributed by atoms with van der Waals surface area (Å²) in [7, 11) is 0. The number of aliphatic hydroxyl groups is 2. The molecular weight excluding hydrogens is 552 g/mol. The van der Waals surface area contributed by atoms with Gasteiger partial charge in [0.25, 0.3) is 0 Å². The second kappa shape index (κ2) is 9.72. The maximum atomic E-state index is 11.8. The number of aromatic hydroxyl groups is 8. The lowest BCUT2D eigenvalue weighted by Gasteiger charge is -2.40. The smallest absolute Gasteiger partial charge is 0.157 e. The highest BCUT2D eigenvalue weighted by atomic mass is 16.5. The minimum absolute atomic E-state index is 0.0312. The standard InChI is InChI=1S/C30H26O12/c31-13-7-20(37)24-23(8-13)41-29(12-2-4-16(33)19(36)6-12)27(40)26(24)25-21(38)10-17(34)14-9-22(39)28(42-30(14)25)11-1-3-15(32)18(35)5-11/h1-8,10,22,26-29,31-40H,9H2/t22-,26?,27-,28?,29?/m1/s1. The van der Waals surface area contributed by atoms with Crippen LogP contribution in [0.15, 0.2) is 54.6 Å². The highest BCUT2D eigenvalue weighted by molar-refractivity contribution is 5.65. The van der Waals surface area contributed by atoms with Crippen LogP contribution in [-0.2, 0) is 6.42 Å².